The molecule has 0 spiro atoms. The molecule has 0 amide bonds. The van der Waals surface area contributed by atoms with Gasteiger partial charge in [0.25, 0.3) is 0 Å². The van der Waals surface area contributed by atoms with Gasteiger partial charge in [0, 0.05) is 0 Å². The summed E-state index contributed by atoms with van der Waals surface area (Å²) in [7, 11) is 0. The number of rotatable bonds is 0. The highest BCUT2D eigenvalue weighted by atomic mass is 14.6. The van der Waals surface area contributed by atoms with Crippen LogP contribution in [0.2, 0.25) is 0 Å². The first kappa shape index (κ1) is 7.39. The Bertz CT molecular complexity index is 212. The number of fused-ring (bicyclic) bond motifs is 2. The standard InChI is InChI=1S/C11H18/c1-8-7-9-5-6-11(8,4)10(9,2)3/h9H,1,5-7H2,2-4H3/t9?,11-/m1/s1. The molecule has 1 unspecified atom stereocenters. The van der Waals surface area contributed by atoms with Crippen molar-refractivity contribution in [2.45, 2.75) is 40.0 Å². The van der Waals surface area contributed by atoms with Crippen molar-refractivity contribution in [3.05, 3.63) is 12.2 Å². The van der Waals surface area contributed by atoms with Gasteiger partial charge in [-0.05, 0) is 36.0 Å². The van der Waals surface area contributed by atoms with E-state index in [0.717, 1.165) is 5.92 Å². The molecular formula is C11H18. The third-order valence-corrected chi connectivity index (χ3v) is 4.71. The van der Waals surface area contributed by atoms with Gasteiger partial charge in [-0.2, -0.15) is 0 Å². The van der Waals surface area contributed by atoms with Crippen molar-refractivity contribution >= 4 is 0 Å². The van der Waals surface area contributed by atoms with Gasteiger partial charge in [0.15, 0.2) is 0 Å². The number of allylic oxidation sites excluding steroid dienone is 1. The van der Waals surface area contributed by atoms with E-state index >= 15 is 0 Å². The minimum atomic E-state index is 0.470. The van der Waals surface area contributed by atoms with Crippen molar-refractivity contribution in [2.75, 3.05) is 0 Å². The highest BCUT2D eigenvalue weighted by molar-refractivity contribution is 5.26. The van der Waals surface area contributed by atoms with E-state index in [1.807, 2.05) is 0 Å². The Morgan fingerprint density at radius 3 is 2.18 bits per heavy atom. The van der Waals surface area contributed by atoms with Gasteiger partial charge in [-0.25, -0.2) is 0 Å². The topological polar surface area (TPSA) is 0 Å². The molecule has 2 aliphatic rings. The minimum absolute atomic E-state index is 0.470. The van der Waals surface area contributed by atoms with E-state index in [1.54, 1.807) is 0 Å². The fourth-order valence-electron chi connectivity index (χ4n) is 3.11. The summed E-state index contributed by atoms with van der Waals surface area (Å²) in [6, 6.07) is 0. The van der Waals surface area contributed by atoms with Crippen molar-refractivity contribution < 1.29 is 0 Å². The van der Waals surface area contributed by atoms with Crippen molar-refractivity contribution in [3.63, 3.8) is 0 Å². The lowest BCUT2D eigenvalue weighted by Gasteiger charge is -2.35. The zero-order valence-corrected chi connectivity index (χ0v) is 7.91. The van der Waals surface area contributed by atoms with Crippen LogP contribution in [0.15, 0.2) is 12.2 Å². The highest BCUT2D eigenvalue weighted by Gasteiger charge is 2.57. The summed E-state index contributed by atoms with van der Waals surface area (Å²) in [5, 5.41) is 0. The molecule has 0 saturated heterocycles. The Kier molecular flexibility index (Phi) is 1.16. The Balaban J connectivity index is 2.47. The molecule has 0 heterocycles. The number of hydrogen-bond acceptors (Lipinski definition) is 0. The van der Waals surface area contributed by atoms with Gasteiger partial charge in [0.2, 0.25) is 0 Å². The Labute approximate surface area is 69.7 Å². The molecule has 0 aliphatic heterocycles. The molecule has 2 aliphatic carbocycles. The summed E-state index contributed by atoms with van der Waals surface area (Å²) >= 11 is 0. The van der Waals surface area contributed by atoms with Gasteiger partial charge < -0.3 is 0 Å². The monoisotopic (exact) mass is 150 g/mol. The van der Waals surface area contributed by atoms with Crippen LogP contribution in [0.25, 0.3) is 0 Å². The van der Waals surface area contributed by atoms with E-state index in [1.165, 1.54) is 24.8 Å². The summed E-state index contributed by atoms with van der Waals surface area (Å²) in [5.41, 5.74) is 2.51. The number of hydrogen-bond donors (Lipinski definition) is 0. The summed E-state index contributed by atoms with van der Waals surface area (Å²) in [6.45, 7) is 11.4. The molecule has 2 bridgehead atoms. The lowest BCUT2D eigenvalue weighted by atomic mass is 9.69. The van der Waals surface area contributed by atoms with Gasteiger partial charge in [-0.3, -0.25) is 0 Å². The average Bonchev–Trinajstić information content (AvgIpc) is 2.20. The second-order valence-corrected chi connectivity index (χ2v) is 5.10. The van der Waals surface area contributed by atoms with E-state index < -0.39 is 0 Å². The van der Waals surface area contributed by atoms with Gasteiger partial charge in [-0.15, -0.1) is 0 Å². The van der Waals surface area contributed by atoms with E-state index in [-0.39, 0.29) is 0 Å². The molecule has 0 aromatic rings. The SMILES string of the molecule is C=C1CC2CC[C@@]1(C)C2(C)C. The lowest BCUT2D eigenvalue weighted by molar-refractivity contribution is 0.179. The Hall–Kier alpha value is -0.260. The van der Waals surface area contributed by atoms with Crippen LogP contribution >= 0.6 is 0 Å². The van der Waals surface area contributed by atoms with Gasteiger partial charge >= 0.3 is 0 Å². The summed E-state index contributed by atoms with van der Waals surface area (Å²) in [5.74, 6) is 0.931. The first-order valence-corrected chi connectivity index (χ1v) is 4.67. The van der Waals surface area contributed by atoms with E-state index in [2.05, 4.69) is 27.4 Å². The summed E-state index contributed by atoms with van der Waals surface area (Å²) < 4.78 is 0. The molecule has 62 valence electrons. The van der Waals surface area contributed by atoms with Crippen LogP contribution in [0, 0.1) is 16.7 Å². The largest absolute Gasteiger partial charge is 0.0993 e. The second-order valence-electron chi connectivity index (χ2n) is 5.10. The fourth-order valence-corrected chi connectivity index (χ4v) is 3.11. The third-order valence-electron chi connectivity index (χ3n) is 4.71. The van der Waals surface area contributed by atoms with Crippen LogP contribution in [0.1, 0.15) is 40.0 Å². The van der Waals surface area contributed by atoms with Crippen LogP contribution in [-0.2, 0) is 0 Å². The summed E-state index contributed by atoms with van der Waals surface area (Å²) in [4.78, 5) is 0. The molecule has 0 N–H and O–H groups in total. The first-order chi connectivity index (χ1) is 4.98. The lowest BCUT2D eigenvalue weighted by Crippen LogP contribution is -2.27. The normalized spacial score (nSPS) is 46.8. The van der Waals surface area contributed by atoms with Crippen molar-refractivity contribution in [3.8, 4) is 0 Å². The molecule has 0 aromatic heterocycles. The van der Waals surface area contributed by atoms with Crippen LogP contribution < -0.4 is 0 Å². The third kappa shape index (κ3) is 0.617. The minimum Gasteiger partial charge on any atom is -0.0993 e. The van der Waals surface area contributed by atoms with E-state index in [9.17, 15) is 0 Å². The molecule has 0 nitrogen and oxygen atoms in total. The van der Waals surface area contributed by atoms with Crippen LogP contribution in [0.3, 0.4) is 0 Å². The molecule has 2 saturated carbocycles. The smallest absolute Gasteiger partial charge is 0.00650 e. The Morgan fingerprint density at radius 2 is 2.00 bits per heavy atom. The van der Waals surface area contributed by atoms with Crippen LogP contribution in [0.5, 0.6) is 0 Å². The maximum absolute atomic E-state index is 4.20. The van der Waals surface area contributed by atoms with Crippen LogP contribution in [0.4, 0.5) is 0 Å². The molecular weight excluding hydrogens is 132 g/mol. The Morgan fingerprint density at radius 1 is 1.36 bits per heavy atom. The van der Waals surface area contributed by atoms with Gasteiger partial charge in [0.05, 0.1) is 0 Å². The molecule has 2 rings (SSSR count). The molecule has 11 heavy (non-hydrogen) atoms. The second kappa shape index (κ2) is 1.73. The molecule has 2 fully saturated rings. The quantitative estimate of drug-likeness (QED) is 0.464. The van der Waals surface area contributed by atoms with Crippen molar-refractivity contribution in [1.29, 1.82) is 0 Å². The maximum atomic E-state index is 4.20. The maximum Gasteiger partial charge on any atom is -0.00650 e. The molecule has 0 heteroatoms. The van der Waals surface area contributed by atoms with E-state index in [0.29, 0.717) is 10.8 Å². The van der Waals surface area contributed by atoms with Gasteiger partial charge in [-0.1, -0.05) is 32.9 Å². The molecule has 2 atom stereocenters. The van der Waals surface area contributed by atoms with Crippen LogP contribution in [-0.4, -0.2) is 0 Å². The molecule has 0 aromatic carbocycles. The average molecular weight is 150 g/mol. The predicted octanol–water partition coefficient (Wildman–Crippen LogP) is 3.39. The predicted molar refractivity (Wildman–Crippen MR) is 48.4 cm³/mol. The summed E-state index contributed by atoms with van der Waals surface area (Å²) in [6.07, 6.45) is 4.11. The highest BCUT2D eigenvalue weighted by Crippen LogP contribution is 2.67. The molecule has 0 radical (unpaired) electrons. The first-order valence-electron chi connectivity index (χ1n) is 4.67. The van der Waals surface area contributed by atoms with E-state index in [4.69, 9.17) is 0 Å². The van der Waals surface area contributed by atoms with Crippen molar-refractivity contribution in [1.82, 2.24) is 0 Å². The zero-order chi connectivity index (χ0) is 8.28. The fraction of sp³-hybridized carbons (Fsp3) is 0.818. The van der Waals surface area contributed by atoms with Gasteiger partial charge in [0.1, 0.15) is 0 Å². The zero-order valence-electron chi connectivity index (χ0n) is 7.91. The van der Waals surface area contributed by atoms with Crippen molar-refractivity contribution in [2.24, 2.45) is 16.7 Å².